The standard InChI is InChI=1S/C9H9NO2/c1-7(12)8-2-4-9(5-3-8)10-6-11/h2-5,7,12H,1H3. The average molecular weight is 163 g/mol. The van der Waals surface area contributed by atoms with Crippen LogP contribution >= 0.6 is 0 Å². The van der Waals surface area contributed by atoms with Crippen molar-refractivity contribution < 1.29 is 9.90 Å². The highest BCUT2D eigenvalue weighted by molar-refractivity contribution is 5.49. The lowest BCUT2D eigenvalue weighted by atomic mass is 10.1. The number of aliphatic hydroxyl groups excluding tert-OH is 1. The lowest BCUT2D eigenvalue weighted by Gasteiger charge is -2.02. The van der Waals surface area contributed by atoms with Gasteiger partial charge in [0.05, 0.1) is 11.8 Å². The van der Waals surface area contributed by atoms with Crippen LogP contribution in [0.4, 0.5) is 5.69 Å². The topological polar surface area (TPSA) is 49.7 Å². The molecular formula is C9H9NO2. The zero-order chi connectivity index (χ0) is 8.97. The number of aliphatic hydroxyl groups is 1. The fourth-order valence-corrected chi connectivity index (χ4v) is 0.880. The van der Waals surface area contributed by atoms with Gasteiger partial charge in [0.25, 0.3) is 0 Å². The van der Waals surface area contributed by atoms with Gasteiger partial charge in [-0.05, 0) is 24.6 Å². The first-order valence-corrected chi connectivity index (χ1v) is 3.60. The Kier molecular flexibility index (Phi) is 2.75. The minimum atomic E-state index is -0.487. The summed E-state index contributed by atoms with van der Waals surface area (Å²) < 4.78 is 0. The predicted molar refractivity (Wildman–Crippen MR) is 44.9 cm³/mol. The van der Waals surface area contributed by atoms with Crippen molar-refractivity contribution in [2.75, 3.05) is 0 Å². The monoisotopic (exact) mass is 163 g/mol. The van der Waals surface area contributed by atoms with Crippen LogP contribution in [0.3, 0.4) is 0 Å². The maximum atomic E-state index is 9.85. The van der Waals surface area contributed by atoms with Gasteiger partial charge in [-0.1, -0.05) is 12.1 Å². The Morgan fingerprint density at radius 1 is 1.42 bits per heavy atom. The number of rotatable bonds is 2. The molecule has 3 heteroatoms. The van der Waals surface area contributed by atoms with Crippen molar-refractivity contribution in [3.63, 3.8) is 0 Å². The SMILES string of the molecule is CC(O)c1ccc(N=C=O)cc1. The summed E-state index contributed by atoms with van der Waals surface area (Å²) in [7, 11) is 0. The minimum Gasteiger partial charge on any atom is -0.389 e. The maximum absolute atomic E-state index is 9.85. The molecule has 0 spiro atoms. The van der Waals surface area contributed by atoms with Crippen molar-refractivity contribution in [1.82, 2.24) is 0 Å². The Bertz CT molecular complexity index is 297. The number of benzene rings is 1. The molecule has 1 aromatic carbocycles. The Morgan fingerprint density at radius 2 is 2.00 bits per heavy atom. The molecule has 0 saturated carbocycles. The van der Waals surface area contributed by atoms with Crippen molar-refractivity contribution in [1.29, 1.82) is 0 Å². The van der Waals surface area contributed by atoms with E-state index in [1.807, 2.05) is 0 Å². The molecule has 0 saturated heterocycles. The van der Waals surface area contributed by atoms with Gasteiger partial charge in [0, 0.05) is 0 Å². The van der Waals surface area contributed by atoms with Crippen LogP contribution in [0.15, 0.2) is 29.3 Å². The van der Waals surface area contributed by atoms with E-state index in [4.69, 9.17) is 5.11 Å². The van der Waals surface area contributed by atoms with Crippen molar-refractivity contribution in [3.05, 3.63) is 29.8 Å². The number of nitrogens with zero attached hydrogens (tertiary/aromatic N) is 1. The van der Waals surface area contributed by atoms with Crippen LogP contribution in [0, 0.1) is 0 Å². The zero-order valence-electron chi connectivity index (χ0n) is 6.69. The molecule has 1 unspecified atom stereocenters. The molecule has 1 atom stereocenters. The molecule has 1 rings (SSSR count). The molecule has 0 heterocycles. The van der Waals surface area contributed by atoms with Crippen LogP contribution < -0.4 is 0 Å². The van der Waals surface area contributed by atoms with Gasteiger partial charge >= 0.3 is 0 Å². The van der Waals surface area contributed by atoms with Gasteiger partial charge < -0.3 is 5.11 Å². The molecule has 0 radical (unpaired) electrons. The second-order valence-electron chi connectivity index (χ2n) is 2.47. The van der Waals surface area contributed by atoms with Crippen LogP contribution in [0.2, 0.25) is 0 Å². The molecule has 0 bridgehead atoms. The van der Waals surface area contributed by atoms with Gasteiger partial charge in [-0.25, -0.2) is 4.79 Å². The van der Waals surface area contributed by atoms with E-state index in [9.17, 15) is 4.79 Å². The van der Waals surface area contributed by atoms with E-state index >= 15 is 0 Å². The Morgan fingerprint density at radius 3 is 2.42 bits per heavy atom. The lowest BCUT2D eigenvalue weighted by Crippen LogP contribution is -1.88. The first-order valence-electron chi connectivity index (χ1n) is 3.60. The fourth-order valence-electron chi connectivity index (χ4n) is 0.880. The third-order valence-electron chi connectivity index (χ3n) is 1.55. The van der Waals surface area contributed by atoms with E-state index in [-0.39, 0.29) is 0 Å². The minimum absolute atomic E-state index is 0.487. The van der Waals surface area contributed by atoms with Crippen LogP contribution in [-0.4, -0.2) is 11.2 Å². The number of hydrogen-bond acceptors (Lipinski definition) is 3. The van der Waals surface area contributed by atoms with E-state index in [1.54, 1.807) is 31.2 Å². The van der Waals surface area contributed by atoms with Gasteiger partial charge in [-0.15, -0.1) is 0 Å². The molecule has 12 heavy (non-hydrogen) atoms. The molecule has 0 fully saturated rings. The van der Waals surface area contributed by atoms with Crippen LogP contribution in [0.25, 0.3) is 0 Å². The molecule has 0 aliphatic heterocycles. The summed E-state index contributed by atoms with van der Waals surface area (Å²) in [6.45, 7) is 1.68. The van der Waals surface area contributed by atoms with Gasteiger partial charge in [-0.3, -0.25) is 0 Å². The molecule has 0 aromatic heterocycles. The summed E-state index contributed by atoms with van der Waals surface area (Å²) in [4.78, 5) is 13.3. The Balaban J connectivity index is 2.92. The first kappa shape index (κ1) is 8.65. The highest BCUT2D eigenvalue weighted by atomic mass is 16.3. The second-order valence-corrected chi connectivity index (χ2v) is 2.47. The quantitative estimate of drug-likeness (QED) is 0.533. The van der Waals surface area contributed by atoms with Crippen LogP contribution in [0.5, 0.6) is 0 Å². The average Bonchev–Trinajstić information content (AvgIpc) is 2.06. The van der Waals surface area contributed by atoms with Gasteiger partial charge in [0.2, 0.25) is 6.08 Å². The van der Waals surface area contributed by atoms with E-state index in [1.165, 1.54) is 6.08 Å². The van der Waals surface area contributed by atoms with E-state index in [0.717, 1.165) is 5.56 Å². The van der Waals surface area contributed by atoms with Crippen LogP contribution in [0.1, 0.15) is 18.6 Å². The third-order valence-corrected chi connectivity index (χ3v) is 1.55. The second kappa shape index (κ2) is 3.81. The molecule has 1 aromatic rings. The molecule has 0 aliphatic carbocycles. The summed E-state index contributed by atoms with van der Waals surface area (Å²) in [6.07, 6.45) is 0.958. The van der Waals surface area contributed by atoms with Crippen molar-refractivity contribution >= 4 is 11.8 Å². The highest BCUT2D eigenvalue weighted by Crippen LogP contribution is 2.16. The zero-order valence-corrected chi connectivity index (χ0v) is 6.69. The first-order chi connectivity index (χ1) is 5.74. The summed E-state index contributed by atoms with van der Waals surface area (Å²) >= 11 is 0. The molecular weight excluding hydrogens is 154 g/mol. The number of isocyanates is 1. The summed E-state index contributed by atoms with van der Waals surface area (Å²) in [5.74, 6) is 0. The van der Waals surface area contributed by atoms with E-state index < -0.39 is 6.10 Å². The van der Waals surface area contributed by atoms with Crippen molar-refractivity contribution in [3.8, 4) is 0 Å². The predicted octanol–water partition coefficient (Wildman–Crippen LogP) is 1.71. The summed E-state index contributed by atoms with van der Waals surface area (Å²) in [6, 6.07) is 6.77. The number of carbonyl (C=O) groups excluding carboxylic acids is 1. The van der Waals surface area contributed by atoms with Gasteiger partial charge in [-0.2, -0.15) is 4.99 Å². The number of hydrogen-bond donors (Lipinski definition) is 1. The van der Waals surface area contributed by atoms with Crippen molar-refractivity contribution in [2.45, 2.75) is 13.0 Å². The Labute approximate surface area is 70.4 Å². The largest absolute Gasteiger partial charge is 0.389 e. The van der Waals surface area contributed by atoms with Crippen LogP contribution in [-0.2, 0) is 4.79 Å². The third kappa shape index (κ3) is 2.02. The summed E-state index contributed by atoms with van der Waals surface area (Å²) in [5, 5.41) is 9.14. The van der Waals surface area contributed by atoms with E-state index in [2.05, 4.69) is 4.99 Å². The van der Waals surface area contributed by atoms with Gasteiger partial charge in [0.1, 0.15) is 0 Å². The van der Waals surface area contributed by atoms with Crippen molar-refractivity contribution in [2.24, 2.45) is 4.99 Å². The molecule has 0 aliphatic rings. The molecule has 1 N–H and O–H groups in total. The molecule has 62 valence electrons. The summed E-state index contributed by atoms with van der Waals surface area (Å²) in [5.41, 5.74) is 1.36. The lowest BCUT2D eigenvalue weighted by molar-refractivity contribution is 0.199. The highest BCUT2D eigenvalue weighted by Gasteiger charge is 1.98. The Hall–Kier alpha value is -1.44. The molecule has 0 amide bonds. The maximum Gasteiger partial charge on any atom is 0.240 e. The number of aliphatic imine (C=N–C) groups is 1. The molecule has 3 nitrogen and oxygen atoms in total. The normalized spacial score (nSPS) is 11.8. The van der Waals surface area contributed by atoms with Gasteiger partial charge in [0.15, 0.2) is 0 Å². The van der Waals surface area contributed by atoms with E-state index in [0.29, 0.717) is 5.69 Å². The fraction of sp³-hybridized carbons (Fsp3) is 0.222. The smallest absolute Gasteiger partial charge is 0.240 e.